The fourth-order valence-electron chi connectivity index (χ4n) is 2.87. The Hall–Kier alpha value is -1.28. The molecule has 23 heavy (non-hydrogen) atoms. The number of aliphatic hydroxyl groups is 1. The number of likely N-dealkylation sites (tertiary alicyclic amines) is 1. The highest BCUT2D eigenvalue weighted by Crippen LogP contribution is 2.34. The van der Waals surface area contributed by atoms with Crippen molar-refractivity contribution in [2.45, 2.75) is 37.8 Å². The Kier molecular flexibility index (Phi) is 5.25. The van der Waals surface area contributed by atoms with Gasteiger partial charge in [-0.05, 0) is 43.5 Å². The molecule has 2 nitrogen and oxygen atoms in total. The molecule has 130 valence electrons. The smallest absolute Gasteiger partial charge is 0.383 e. The number of piperidine rings is 1. The minimum absolute atomic E-state index is 0.0323. The first kappa shape index (κ1) is 18.1. The molecule has 1 heterocycles. The van der Waals surface area contributed by atoms with Crippen molar-refractivity contribution in [1.82, 2.24) is 4.90 Å². The van der Waals surface area contributed by atoms with Gasteiger partial charge in [-0.25, -0.2) is 0 Å². The van der Waals surface area contributed by atoms with E-state index < -0.39 is 29.9 Å². The predicted octanol–water partition coefficient (Wildman–Crippen LogP) is 3.84. The lowest BCUT2D eigenvalue weighted by Gasteiger charge is -2.35. The molecular weight excluding hydrogens is 324 g/mol. The average molecular weight is 341 g/mol. The highest BCUT2D eigenvalue weighted by atomic mass is 19.4. The fraction of sp³-hybridized carbons (Fsp3) is 0.600. The van der Waals surface area contributed by atoms with Gasteiger partial charge in [0.2, 0.25) is 0 Å². The quantitative estimate of drug-likeness (QED) is 0.845. The first-order valence-corrected chi connectivity index (χ1v) is 7.21. The van der Waals surface area contributed by atoms with Crippen molar-refractivity contribution in [3.8, 4) is 0 Å². The van der Waals surface area contributed by atoms with E-state index in [2.05, 4.69) is 0 Å². The van der Waals surface area contributed by atoms with E-state index in [1.165, 1.54) is 18.2 Å². The highest BCUT2D eigenvalue weighted by molar-refractivity contribution is 5.29. The Labute approximate surface area is 129 Å². The molecule has 0 radical (unpaired) electrons. The Bertz CT molecular complexity index is 519. The van der Waals surface area contributed by atoms with Crippen LogP contribution in [0.2, 0.25) is 0 Å². The maximum atomic E-state index is 12.9. The maximum Gasteiger partial charge on any atom is 0.416 e. The SMILES string of the molecule is OC(C1CCN(Cc2ccccc2C(F)(F)F)CC1)C(F)(F)F. The number of rotatable bonds is 3. The summed E-state index contributed by atoms with van der Waals surface area (Å²) in [6, 6.07) is 5.18. The van der Waals surface area contributed by atoms with Gasteiger partial charge in [0.15, 0.2) is 6.10 Å². The standard InChI is InChI=1S/C15H17F6NO/c16-14(17,18)12-4-2-1-3-11(12)9-22-7-5-10(6-8-22)13(23)15(19,20)21/h1-4,10,13,23H,5-9H2. The van der Waals surface area contributed by atoms with Crippen LogP contribution in [0.5, 0.6) is 0 Å². The van der Waals surface area contributed by atoms with E-state index >= 15 is 0 Å². The zero-order chi connectivity index (χ0) is 17.3. The second-order valence-electron chi connectivity index (χ2n) is 5.75. The van der Waals surface area contributed by atoms with Crippen LogP contribution in [0.1, 0.15) is 24.0 Å². The molecule has 0 aliphatic carbocycles. The van der Waals surface area contributed by atoms with Crippen LogP contribution in [0.3, 0.4) is 0 Å². The summed E-state index contributed by atoms with van der Waals surface area (Å²) >= 11 is 0. The molecule has 1 aliphatic rings. The summed E-state index contributed by atoms with van der Waals surface area (Å²) < 4.78 is 76.2. The predicted molar refractivity (Wildman–Crippen MR) is 71.5 cm³/mol. The van der Waals surface area contributed by atoms with Gasteiger partial charge in [-0.3, -0.25) is 4.90 Å². The number of hydrogen-bond acceptors (Lipinski definition) is 2. The number of benzene rings is 1. The molecule has 1 atom stereocenters. The normalized spacial score (nSPS) is 19.8. The van der Waals surface area contributed by atoms with Crippen molar-refractivity contribution in [2.24, 2.45) is 5.92 Å². The van der Waals surface area contributed by atoms with Crippen LogP contribution in [0.25, 0.3) is 0 Å². The second-order valence-corrected chi connectivity index (χ2v) is 5.75. The molecule has 1 fully saturated rings. The molecule has 2 rings (SSSR count). The Morgan fingerprint density at radius 3 is 2.13 bits per heavy atom. The molecule has 1 aromatic carbocycles. The monoisotopic (exact) mass is 341 g/mol. The Morgan fingerprint density at radius 1 is 1.04 bits per heavy atom. The second kappa shape index (κ2) is 6.68. The number of nitrogens with zero attached hydrogens (tertiary/aromatic N) is 1. The lowest BCUT2D eigenvalue weighted by molar-refractivity contribution is -0.223. The minimum atomic E-state index is -4.66. The topological polar surface area (TPSA) is 23.5 Å². The van der Waals surface area contributed by atoms with Crippen molar-refractivity contribution in [2.75, 3.05) is 13.1 Å². The molecule has 1 unspecified atom stereocenters. The fourth-order valence-corrected chi connectivity index (χ4v) is 2.87. The maximum absolute atomic E-state index is 12.9. The summed E-state index contributed by atoms with van der Waals surface area (Å²) in [5.41, 5.74) is -0.618. The van der Waals surface area contributed by atoms with Gasteiger partial charge in [0.05, 0.1) is 5.56 Å². The molecule has 0 bridgehead atoms. The van der Waals surface area contributed by atoms with Crippen LogP contribution >= 0.6 is 0 Å². The first-order chi connectivity index (χ1) is 10.6. The van der Waals surface area contributed by atoms with Crippen LogP contribution in [-0.4, -0.2) is 35.4 Å². The van der Waals surface area contributed by atoms with Crippen LogP contribution in [0.15, 0.2) is 24.3 Å². The first-order valence-electron chi connectivity index (χ1n) is 7.21. The van der Waals surface area contributed by atoms with Gasteiger partial charge in [-0.2, -0.15) is 26.3 Å². The molecule has 1 aromatic rings. The van der Waals surface area contributed by atoms with Gasteiger partial charge < -0.3 is 5.11 Å². The molecule has 0 aromatic heterocycles. The van der Waals surface area contributed by atoms with Crippen LogP contribution in [0, 0.1) is 5.92 Å². The summed E-state index contributed by atoms with van der Waals surface area (Å²) in [7, 11) is 0. The van der Waals surface area contributed by atoms with E-state index in [4.69, 9.17) is 0 Å². The lowest BCUT2D eigenvalue weighted by atomic mass is 9.90. The van der Waals surface area contributed by atoms with Gasteiger partial charge >= 0.3 is 12.4 Å². The van der Waals surface area contributed by atoms with Crippen molar-refractivity contribution in [3.63, 3.8) is 0 Å². The molecule has 0 amide bonds. The molecular formula is C15H17F6NO. The van der Waals surface area contributed by atoms with Gasteiger partial charge in [0, 0.05) is 6.54 Å². The van der Waals surface area contributed by atoms with Crippen molar-refractivity contribution in [3.05, 3.63) is 35.4 Å². The number of hydrogen-bond donors (Lipinski definition) is 1. The average Bonchev–Trinajstić information content (AvgIpc) is 2.46. The van der Waals surface area contributed by atoms with Crippen LogP contribution in [0.4, 0.5) is 26.3 Å². The summed E-state index contributed by atoms with van der Waals surface area (Å²) in [5.74, 6) is -0.899. The van der Waals surface area contributed by atoms with E-state index in [0.717, 1.165) is 6.07 Å². The van der Waals surface area contributed by atoms with Crippen LogP contribution in [-0.2, 0) is 12.7 Å². The van der Waals surface area contributed by atoms with E-state index in [-0.39, 0.29) is 38.0 Å². The highest BCUT2D eigenvalue weighted by Gasteiger charge is 2.44. The van der Waals surface area contributed by atoms with Crippen molar-refractivity contribution in [1.29, 1.82) is 0 Å². The Balaban J connectivity index is 1.98. The van der Waals surface area contributed by atoms with Gasteiger partial charge in [-0.15, -0.1) is 0 Å². The number of alkyl halides is 6. The molecule has 0 saturated carbocycles. The van der Waals surface area contributed by atoms with Gasteiger partial charge in [0.1, 0.15) is 0 Å². The molecule has 0 spiro atoms. The molecule has 8 heteroatoms. The van der Waals surface area contributed by atoms with Crippen molar-refractivity contribution < 1.29 is 31.4 Å². The summed E-state index contributed by atoms with van der Waals surface area (Å²) in [6.45, 7) is 0.485. The molecule has 1 N–H and O–H groups in total. The molecule has 1 saturated heterocycles. The zero-order valence-electron chi connectivity index (χ0n) is 12.2. The molecule has 1 aliphatic heterocycles. The summed E-state index contributed by atoms with van der Waals surface area (Å²) in [6.07, 6.45) is -11.3. The zero-order valence-corrected chi connectivity index (χ0v) is 12.2. The third-order valence-corrected chi connectivity index (χ3v) is 4.13. The third-order valence-electron chi connectivity index (χ3n) is 4.13. The largest absolute Gasteiger partial charge is 0.416 e. The van der Waals surface area contributed by atoms with Gasteiger partial charge in [0.25, 0.3) is 0 Å². The lowest BCUT2D eigenvalue weighted by Crippen LogP contribution is -2.43. The van der Waals surface area contributed by atoms with E-state index in [0.29, 0.717) is 0 Å². The summed E-state index contributed by atoms with van der Waals surface area (Å²) in [5, 5.41) is 9.24. The minimum Gasteiger partial charge on any atom is -0.383 e. The number of aliphatic hydroxyl groups excluding tert-OH is 1. The third kappa shape index (κ3) is 4.60. The van der Waals surface area contributed by atoms with E-state index in [1.807, 2.05) is 0 Å². The van der Waals surface area contributed by atoms with Gasteiger partial charge in [-0.1, -0.05) is 18.2 Å². The van der Waals surface area contributed by atoms with Crippen LogP contribution < -0.4 is 0 Å². The summed E-state index contributed by atoms with van der Waals surface area (Å²) in [4.78, 5) is 1.68. The van der Waals surface area contributed by atoms with Crippen molar-refractivity contribution >= 4 is 0 Å². The Morgan fingerprint density at radius 2 is 1.61 bits per heavy atom. The number of halogens is 6. The van der Waals surface area contributed by atoms with E-state index in [1.54, 1.807) is 4.90 Å². The van der Waals surface area contributed by atoms with E-state index in [9.17, 15) is 31.4 Å².